The Morgan fingerprint density at radius 1 is 0.871 bits per heavy atom. The number of ether oxygens (including phenoxy) is 3. The Bertz CT molecular complexity index is 2740. The number of benzene rings is 5. The van der Waals surface area contributed by atoms with Crippen LogP contribution in [0, 0.1) is 23.9 Å². The minimum atomic E-state index is -0.519. The van der Waals surface area contributed by atoms with Gasteiger partial charge in [-0.2, -0.15) is 0 Å². The summed E-state index contributed by atoms with van der Waals surface area (Å²) < 4.78 is 18.8. The SMILES string of the molecule is CCCCCC1C#COC(CC2C=C(O)C=CC2CCCCc2cccc(NC(Cc3ccccc3)C(C)O)c2)CC(=O)CCc2ccc(OC)c(c2)OCc2ccc3c1c(O)cc1c3c2C=CC1C. The van der Waals surface area contributed by atoms with Gasteiger partial charge in [-0.05, 0) is 150 Å². The first-order valence-electron chi connectivity index (χ1n) is 25.7. The molecule has 366 valence electrons. The maximum Gasteiger partial charge on any atom is 0.161 e. The van der Waals surface area contributed by atoms with Gasteiger partial charge in [0, 0.05) is 30.0 Å². The second kappa shape index (κ2) is 23.9. The average Bonchev–Trinajstić information content (AvgIpc) is 3.35. The number of rotatable bonds is 17. The number of phenolic OH excluding ortho intramolecular Hbond substituents is 1. The van der Waals surface area contributed by atoms with Gasteiger partial charge in [-0.25, -0.2) is 0 Å². The number of aryl methyl sites for hydroxylation is 2. The Morgan fingerprint density at radius 2 is 1.70 bits per heavy atom. The van der Waals surface area contributed by atoms with Crippen molar-refractivity contribution in [2.24, 2.45) is 11.8 Å². The molecule has 7 unspecified atom stereocenters. The molecule has 0 radical (unpaired) electrons. The Kier molecular flexibility index (Phi) is 17.1. The quantitative estimate of drug-likeness (QED) is 0.0538. The molecule has 5 aromatic carbocycles. The predicted octanol–water partition coefficient (Wildman–Crippen LogP) is 13.6. The number of ketones is 1. The second-order valence-corrected chi connectivity index (χ2v) is 19.8. The number of aromatic hydroxyl groups is 1. The topological polar surface area (TPSA) is 117 Å². The van der Waals surface area contributed by atoms with E-state index in [1.54, 1.807) is 13.2 Å². The third-order valence-electron chi connectivity index (χ3n) is 14.6. The highest BCUT2D eigenvalue weighted by Gasteiger charge is 2.29. The molecule has 0 spiro atoms. The van der Waals surface area contributed by atoms with Crippen LogP contribution in [0.3, 0.4) is 0 Å². The fourth-order valence-electron chi connectivity index (χ4n) is 10.6. The van der Waals surface area contributed by atoms with Crippen molar-refractivity contribution in [2.75, 3.05) is 12.4 Å². The van der Waals surface area contributed by atoms with Crippen molar-refractivity contribution in [3.05, 3.63) is 160 Å². The Labute approximate surface area is 415 Å². The van der Waals surface area contributed by atoms with Gasteiger partial charge in [-0.15, -0.1) is 0 Å². The Balaban J connectivity index is 1.02. The van der Waals surface area contributed by atoms with Crippen LogP contribution in [0.1, 0.15) is 136 Å². The molecule has 0 amide bonds. The molecule has 9 rings (SSSR count). The number of unbranched alkanes of at least 4 members (excludes halogenated alkanes) is 3. The second-order valence-electron chi connectivity index (χ2n) is 19.8. The molecule has 70 heavy (non-hydrogen) atoms. The van der Waals surface area contributed by atoms with E-state index >= 15 is 0 Å². The van der Waals surface area contributed by atoms with Gasteiger partial charge in [0.05, 0.1) is 25.2 Å². The van der Waals surface area contributed by atoms with E-state index in [-0.39, 0.29) is 53.4 Å². The van der Waals surface area contributed by atoms with Crippen molar-refractivity contribution >= 4 is 28.3 Å². The summed E-state index contributed by atoms with van der Waals surface area (Å²) in [4.78, 5) is 14.0. The van der Waals surface area contributed by atoms with E-state index in [0.29, 0.717) is 37.4 Å². The van der Waals surface area contributed by atoms with Gasteiger partial charge in [-0.1, -0.05) is 124 Å². The molecule has 4 N–H and O–H groups in total. The lowest BCUT2D eigenvalue weighted by Gasteiger charge is -2.28. The number of fused-ring (bicyclic) bond motifs is 9. The van der Waals surface area contributed by atoms with Crippen molar-refractivity contribution in [3.63, 3.8) is 0 Å². The number of allylic oxidation sites excluding steroid dienone is 4. The van der Waals surface area contributed by atoms with Gasteiger partial charge in [-0.3, -0.25) is 4.79 Å². The standard InChI is InChI=1S/C62H71NO7/c1-5-6-8-19-47-31-32-69-53(37-49-36-51(65)27-24-46(49)18-12-11-16-43-17-13-20-50(33-43)63-57(42(3)64)34-44-14-9-7-10-15-44)38-52(66)26-22-45-23-30-59(68-4)60(35-45)70-40-48-25-29-55-61(47)58(67)39-56-41(2)21-28-54(48)62(55)56/h7,9-10,13-15,17,20-21,23-25,27-30,33,35-36,39,41-42,46-47,49,53,57,63-65,67H,5-6,8,11-12,16,18-19,22,26,34,37-38,40H2,1-4H3. The van der Waals surface area contributed by atoms with Crippen molar-refractivity contribution in [1.29, 1.82) is 0 Å². The van der Waals surface area contributed by atoms with Gasteiger partial charge in [0.1, 0.15) is 36.1 Å². The molecule has 8 nitrogen and oxygen atoms in total. The van der Waals surface area contributed by atoms with Gasteiger partial charge < -0.3 is 34.8 Å². The summed E-state index contributed by atoms with van der Waals surface area (Å²) in [5.41, 5.74) is 8.40. The van der Waals surface area contributed by atoms with Crippen LogP contribution in [-0.2, 0) is 35.4 Å². The molecule has 2 aliphatic carbocycles. The number of methoxy groups -OCH3 is 1. The summed E-state index contributed by atoms with van der Waals surface area (Å²) in [5.74, 6) is 5.16. The average molecular weight is 942 g/mol. The third kappa shape index (κ3) is 12.7. The van der Waals surface area contributed by atoms with E-state index in [1.165, 1.54) is 11.1 Å². The lowest BCUT2D eigenvalue weighted by molar-refractivity contribution is -0.121. The lowest BCUT2D eigenvalue weighted by Crippen LogP contribution is -2.33. The Morgan fingerprint density at radius 3 is 2.51 bits per heavy atom. The van der Waals surface area contributed by atoms with Gasteiger partial charge >= 0.3 is 0 Å². The first-order chi connectivity index (χ1) is 34.1. The monoisotopic (exact) mass is 942 g/mol. The minimum absolute atomic E-state index is 0.0591. The number of hydrogen-bond donors (Lipinski definition) is 4. The number of carbonyl (C=O) groups excluding carboxylic acids is 1. The lowest BCUT2D eigenvalue weighted by atomic mass is 9.80. The van der Waals surface area contributed by atoms with Crippen LogP contribution in [0.2, 0.25) is 0 Å². The summed E-state index contributed by atoms with van der Waals surface area (Å²) in [5, 5.41) is 39.0. The van der Waals surface area contributed by atoms with Crippen molar-refractivity contribution in [1.82, 2.24) is 0 Å². The molecule has 7 atom stereocenters. The molecule has 0 aromatic heterocycles. The summed E-state index contributed by atoms with van der Waals surface area (Å²) in [7, 11) is 1.64. The fraction of sp³-hybridized carbons (Fsp3) is 0.403. The molecule has 6 bridgehead atoms. The molecule has 0 fully saturated rings. The van der Waals surface area contributed by atoms with Crippen LogP contribution in [0.4, 0.5) is 5.69 Å². The highest BCUT2D eigenvalue weighted by molar-refractivity contribution is 6.00. The van der Waals surface area contributed by atoms with Crippen LogP contribution in [-0.4, -0.2) is 46.5 Å². The van der Waals surface area contributed by atoms with E-state index in [1.807, 2.05) is 55.5 Å². The number of carbonyl (C=O) groups is 1. The predicted molar refractivity (Wildman–Crippen MR) is 283 cm³/mol. The summed E-state index contributed by atoms with van der Waals surface area (Å²) in [6, 6.07) is 30.7. The summed E-state index contributed by atoms with van der Waals surface area (Å²) in [6.45, 7) is 6.50. The first kappa shape index (κ1) is 50.0. The molecule has 2 heterocycles. The third-order valence-corrected chi connectivity index (χ3v) is 14.6. The van der Waals surface area contributed by atoms with E-state index in [4.69, 9.17) is 14.2 Å². The maximum absolute atomic E-state index is 14.0. The van der Waals surface area contributed by atoms with Crippen LogP contribution < -0.4 is 14.8 Å². The number of phenols is 1. The number of aliphatic hydroxyl groups is 2. The molecule has 2 aliphatic heterocycles. The highest BCUT2D eigenvalue weighted by atomic mass is 16.5. The zero-order chi connectivity index (χ0) is 49.0. The number of anilines is 1. The number of hydrogen-bond acceptors (Lipinski definition) is 8. The normalized spacial score (nSPS) is 20.8. The van der Waals surface area contributed by atoms with Crippen LogP contribution >= 0.6 is 0 Å². The highest BCUT2D eigenvalue weighted by Crippen LogP contribution is 2.45. The van der Waals surface area contributed by atoms with Crippen LogP contribution in [0.25, 0.3) is 16.8 Å². The summed E-state index contributed by atoms with van der Waals surface area (Å²) in [6.07, 6.45) is 22.2. The molecule has 0 saturated carbocycles. The van der Waals surface area contributed by atoms with Crippen molar-refractivity contribution in [3.8, 4) is 29.3 Å². The number of Topliss-reactive ketones (excluding diaryl/α,β-unsaturated/α-hetero) is 1. The smallest absolute Gasteiger partial charge is 0.161 e. The van der Waals surface area contributed by atoms with Gasteiger partial charge in [0.15, 0.2) is 11.5 Å². The molecular weight excluding hydrogens is 871 g/mol. The zero-order valence-electron chi connectivity index (χ0n) is 41.5. The minimum Gasteiger partial charge on any atom is -0.508 e. The molecule has 8 heteroatoms. The fourth-order valence-corrected chi connectivity index (χ4v) is 10.6. The van der Waals surface area contributed by atoms with E-state index < -0.39 is 12.2 Å². The number of nitrogens with one attached hydrogen (secondary N) is 1. The van der Waals surface area contributed by atoms with Crippen molar-refractivity contribution in [2.45, 2.75) is 141 Å². The van der Waals surface area contributed by atoms with Gasteiger partial charge in [0.25, 0.3) is 0 Å². The van der Waals surface area contributed by atoms with E-state index in [9.17, 15) is 20.1 Å². The largest absolute Gasteiger partial charge is 0.508 e. The van der Waals surface area contributed by atoms with E-state index in [2.05, 4.69) is 98.0 Å². The molecular formula is C62H71NO7. The first-order valence-corrected chi connectivity index (χ1v) is 25.7. The maximum atomic E-state index is 14.0. The Hall–Kier alpha value is -6.43. The van der Waals surface area contributed by atoms with Crippen LogP contribution in [0.15, 0.2) is 121 Å². The molecule has 0 saturated heterocycles. The van der Waals surface area contributed by atoms with E-state index in [0.717, 1.165) is 102 Å². The van der Waals surface area contributed by atoms with Gasteiger partial charge in [0.2, 0.25) is 0 Å². The molecule has 4 aliphatic rings. The zero-order valence-corrected chi connectivity index (χ0v) is 41.5. The summed E-state index contributed by atoms with van der Waals surface area (Å²) >= 11 is 0. The van der Waals surface area contributed by atoms with Crippen LogP contribution in [0.5, 0.6) is 17.2 Å². The number of aliphatic hydroxyl groups excluding tert-OH is 2. The van der Waals surface area contributed by atoms with Crippen molar-refractivity contribution < 1.29 is 34.3 Å². The molecule has 5 aromatic rings.